The third kappa shape index (κ3) is 2.81. The molecule has 0 saturated heterocycles. The van der Waals surface area contributed by atoms with Crippen molar-refractivity contribution < 1.29 is 4.84 Å². The summed E-state index contributed by atoms with van der Waals surface area (Å²) in [5.41, 5.74) is 3.14. The Labute approximate surface area is 122 Å². The van der Waals surface area contributed by atoms with Crippen molar-refractivity contribution in [3.8, 4) is 11.3 Å². The molecule has 2 aromatic carbocycles. The van der Waals surface area contributed by atoms with Crippen molar-refractivity contribution >= 4 is 12.2 Å². The Morgan fingerprint density at radius 2 is 1.60 bits per heavy atom. The number of nitrogens with zero attached hydrogens (tertiary/aromatic N) is 1. The third-order valence-electron chi connectivity index (χ3n) is 2.99. The summed E-state index contributed by atoms with van der Waals surface area (Å²) in [6, 6.07) is 20.0. The molecular formula is C16H14N2OS. The van der Waals surface area contributed by atoms with Crippen LogP contribution in [-0.4, -0.2) is 9.71 Å². The maximum atomic E-state index is 5.71. The van der Waals surface area contributed by atoms with E-state index in [1.54, 1.807) is 4.73 Å². The van der Waals surface area contributed by atoms with E-state index in [-0.39, 0.29) is 0 Å². The zero-order valence-electron chi connectivity index (χ0n) is 10.8. The number of rotatable bonds is 4. The number of benzene rings is 2. The first-order valence-electron chi connectivity index (χ1n) is 6.37. The molecule has 0 radical (unpaired) electrons. The monoisotopic (exact) mass is 282 g/mol. The molecule has 0 amide bonds. The van der Waals surface area contributed by atoms with Crippen LogP contribution < -0.4 is 4.84 Å². The molecule has 0 aliphatic rings. The molecule has 4 heteroatoms. The highest BCUT2D eigenvalue weighted by molar-refractivity contribution is 7.71. The van der Waals surface area contributed by atoms with Gasteiger partial charge in [0.2, 0.25) is 4.77 Å². The SMILES string of the molecule is S=c1[nH]c(-c2ccccc2)cn1OCc1ccccc1. The molecule has 20 heavy (non-hydrogen) atoms. The summed E-state index contributed by atoms with van der Waals surface area (Å²) in [6.07, 6.45) is 1.88. The Morgan fingerprint density at radius 1 is 0.950 bits per heavy atom. The molecule has 1 aromatic heterocycles. The van der Waals surface area contributed by atoms with Crippen LogP contribution in [0.1, 0.15) is 5.56 Å². The lowest BCUT2D eigenvalue weighted by Crippen LogP contribution is -2.09. The van der Waals surface area contributed by atoms with Crippen molar-refractivity contribution in [2.75, 3.05) is 0 Å². The van der Waals surface area contributed by atoms with Gasteiger partial charge in [-0.2, -0.15) is 4.73 Å². The van der Waals surface area contributed by atoms with Crippen molar-refractivity contribution in [2.45, 2.75) is 6.61 Å². The van der Waals surface area contributed by atoms with E-state index in [0.29, 0.717) is 11.4 Å². The van der Waals surface area contributed by atoms with Gasteiger partial charge in [-0.05, 0) is 23.3 Å². The number of aromatic nitrogens is 2. The van der Waals surface area contributed by atoms with Gasteiger partial charge in [0.1, 0.15) is 6.61 Å². The summed E-state index contributed by atoms with van der Waals surface area (Å²) in [5.74, 6) is 0. The first-order chi connectivity index (χ1) is 9.83. The molecular weight excluding hydrogens is 268 g/mol. The summed E-state index contributed by atoms with van der Waals surface area (Å²) < 4.78 is 2.16. The maximum Gasteiger partial charge on any atom is 0.212 e. The highest BCUT2D eigenvalue weighted by atomic mass is 32.1. The zero-order valence-corrected chi connectivity index (χ0v) is 11.6. The van der Waals surface area contributed by atoms with Crippen LogP contribution in [0.2, 0.25) is 0 Å². The van der Waals surface area contributed by atoms with E-state index in [1.807, 2.05) is 66.9 Å². The summed E-state index contributed by atoms with van der Waals surface area (Å²) in [4.78, 5) is 8.86. The molecule has 3 nitrogen and oxygen atoms in total. The van der Waals surface area contributed by atoms with Crippen molar-refractivity contribution in [3.63, 3.8) is 0 Å². The molecule has 100 valence electrons. The van der Waals surface area contributed by atoms with Crippen molar-refractivity contribution in [1.82, 2.24) is 9.71 Å². The number of hydrogen-bond donors (Lipinski definition) is 1. The normalized spacial score (nSPS) is 10.4. The molecule has 3 aromatic rings. The van der Waals surface area contributed by atoms with E-state index in [2.05, 4.69) is 4.98 Å². The minimum atomic E-state index is 0.487. The number of imidazole rings is 1. The Kier molecular flexibility index (Phi) is 3.65. The summed E-state index contributed by atoms with van der Waals surface area (Å²) in [6.45, 7) is 0.487. The lowest BCUT2D eigenvalue weighted by molar-refractivity contribution is 0.0940. The highest BCUT2D eigenvalue weighted by Crippen LogP contribution is 2.16. The minimum absolute atomic E-state index is 0.487. The van der Waals surface area contributed by atoms with Crippen LogP contribution >= 0.6 is 12.2 Å². The Bertz CT molecular complexity index is 732. The zero-order chi connectivity index (χ0) is 13.8. The van der Waals surface area contributed by atoms with Crippen LogP contribution in [0, 0.1) is 4.77 Å². The van der Waals surface area contributed by atoms with Gasteiger partial charge < -0.3 is 9.82 Å². The van der Waals surface area contributed by atoms with E-state index in [0.717, 1.165) is 16.8 Å². The smallest absolute Gasteiger partial charge is 0.212 e. The van der Waals surface area contributed by atoms with Crippen LogP contribution in [0.3, 0.4) is 0 Å². The fraction of sp³-hybridized carbons (Fsp3) is 0.0625. The number of aromatic amines is 1. The maximum absolute atomic E-state index is 5.71. The molecule has 0 aliphatic heterocycles. The fourth-order valence-electron chi connectivity index (χ4n) is 1.96. The van der Waals surface area contributed by atoms with Gasteiger partial charge in [-0.1, -0.05) is 60.7 Å². The molecule has 3 rings (SSSR count). The van der Waals surface area contributed by atoms with Gasteiger partial charge >= 0.3 is 0 Å². The van der Waals surface area contributed by atoms with Crippen molar-refractivity contribution in [1.29, 1.82) is 0 Å². The lowest BCUT2D eigenvalue weighted by Gasteiger charge is -2.05. The second kappa shape index (κ2) is 5.75. The Morgan fingerprint density at radius 3 is 2.30 bits per heavy atom. The topological polar surface area (TPSA) is 29.9 Å². The van der Waals surface area contributed by atoms with Crippen LogP contribution in [0.5, 0.6) is 0 Å². The van der Waals surface area contributed by atoms with Gasteiger partial charge in [0.05, 0.1) is 11.9 Å². The number of nitrogens with one attached hydrogen (secondary N) is 1. The van der Waals surface area contributed by atoms with Crippen molar-refractivity contribution in [3.05, 3.63) is 77.2 Å². The molecule has 0 bridgehead atoms. The average molecular weight is 282 g/mol. The fourth-order valence-corrected chi connectivity index (χ4v) is 2.17. The molecule has 0 atom stereocenters. The van der Waals surface area contributed by atoms with E-state index >= 15 is 0 Å². The highest BCUT2D eigenvalue weighted by Gasteiger charge is 2.03. The quantitative estimate of drug-likeness (QED) is 0.737. The molecule has 1 heterocycles. The minimum Gasteiger partial charge on any atom is -0.407 e. The molecule has 1 N–H and O–H groups in total. The van der Waals surface area contributed by atoms with Crippen LogP contribution in [0.15, 0.2) is 66.9 Å². The molecule has 0 unspecified atom stereocenters. The second-order valence-corrected chi connectivity index (χ2v) is 4.81. The third-order valence-corrected chi connectivity index (χ3v) is 3.27. The predicted molar refractivity (Wildman–Crippen MR) is 81.8 cm³/mol. The average Bonchev–Trinajstić information content (AvgIpc) is 2.88. The van der Waals surface area contributed by atoms with Crippen LogP contribution in [0.4, 0.5) is 0 Å². The first-order valence-corrected chi connectivity index (χ1v) is 6.78. The van der Waals surface area contributed by atoms with Crippen molar-refractivity contribution in [2.24, 2.45) is 0 Å². The predicted octanol–water partition coefficient (Wildman–Crippen LogP) is 3.84. The van der Waals surface area contributed by atoms with Gasteiger partial charge in [-0.15, -0.1) is 0 Å². The van der Waals surface area contributed by atoms with E-state index in [1.165, 1.54) is 0 Å². The van der Waals surface area contributed by atoms with Gasteiger partial charge in [-0.3, -0.25) is 0 Å². The molecule has 0 fully saturated rings. The number of H-pyrrole nitrogens is 1. The number of hydrogen-bond acceptors (Lipinski definition) is 2. The molecule has 0 aliphatic carbocycles. The van der Waals surface area contributed by atoms with E-state index in [4.69, 9.17) is 17.1 Å². The van der Waals surface area contributed by atoms with E-state index in [9.17, 15) is 0 Å². The van der Waals surface area contributed by atoms with Gasteiger partial charge in [0, 0.05) is 0 Å². The summed E-state index contributed by atoms with van der Waals surface area (Å²) >= 11 is 5.27. The van der Waals surface area contributed by atoms with Gasteiger partial charge in [0.15, 0.2) is 0 Å². The second-order valence-electron chi connectivity index (χ2n) is 4.42. The van der Waals surface area contributed by atoms with Crippen LogP contribution in [0.25, 0.3) is 11.3 Å². The summed E-state index contributed by atoms with van der Waals surface area (Å²) in [5, 5.41) is 0. The van der Waals surface area contributed by atoms with Gasteiger partial charge in [-0.25, -0.2) is 0 Å². The first kappa shape index (κ1) is 12.7. The van der Waals surface area contributed by atoms with Crippen LogP contribution in [-0.2, 0) is 6.61 Å². The Hall–Kier alpha value is -2.33. The Balaban J connectivity index is 1.78. The standard InChI is InChI=1S/C16H14N2OS/c20-16-17-15(14-9-5-2-6-10-14)11-18(16)19-12-13-7-3-1-4-8-13/h1-11H,12H2,(H,17,20). The van der Waals surface area contributed by atoms with E-state index < -0.39 is 0 Å². The summed E-state index contributed by atoms with van der Waals surface area (Å²) in [7, 11) is 0. The van der Waals surface area contributed by atoms with Gasteiger partial charge in [0.25, 0.3) is 0 Å². The largest absolute Gasteiger partial charge is 0.407 e. The lowest BCUT2D eigenvalue weighted by atomic mass is 10.2. The molecule has 0 spiro atoms. The molecule has 0 saturated carbocycles.